The van der Waals surface area contributed by atoms with Crippen LogP contribution >= 0.6 is 0 Å². The molecule has 4 nitrogen and oxygen atoms in total. The molecular weight excluding hydrogens is 374 g/mol. The number of aliphatic hydroxyl groups excluding tert-OH is 1. The zero-order valence-electron chi connectivity index (χ0n) is 18.5. The molecule has 1 atom stereocenters. The van der Waals surface area contributed by atoms with Crippen molar-refractivity contribution in [1.29, 1.82) is 0 Å². The zero-order chi connectivity index (χ0) is 21.8. The number of aromatic nitrogens is 1. The zero-order valence-corrected chi connectivity index (χ0v) is 18.5. The molecule has 0 saturated heterocycles. The second-order valence-electron chi connectivity index (χ2n) is 8.32. The van der Waals surface area contributed by atoms with E-state index in [0.717, 1.165) is 5.92 Å². The quantitative estimate of drug-likeness (QED) is 0.555. The SMILES string of the molecule is CC[C@H](O)c1ccc(O)c2[nH]c(=O)ccc12.CCc1cc2c(cc1CC)CC(C)C2. The number of aryl methyl sites for hydroxylation is 2. The number of hydrogen-bond donors (Lipinski definition) is 3. The minimum Gasteiger partial charge on any atom is -0.506 e. The van der Waals surface area contributed by atoms with Gasteiger partial charge in [0.2, 0.25) is 5.56 Å². The normalized spacial score (nSPS) is 14.3. The average Bonchev–Trinajstić information content (AvgIpc) is 3.12. The highest BCUT2D eigenvalue weighted by atomic mass is 16.3. The highest BCUT2D eigenvalue weighted by Gasteiger charge is 2.19. The molecule has 0 aliphatic heterocycles. The molecule has 0 fully saturated rings. The monoisotopic (exact) mass is 407 g/mol. The summed E-state index contributed by atoms with van der Waals surface area (Å²) >= 11 is 0. The first-order valence-corrected chi connectivity index (χ1v) is 11.0. The third kappa shape index (κ3) is 4.59. The predicted octanol–water partition coefficient (Wildman–Crippen LogP) is 5.22. The van der Waals surface area contributed by atoms with Crippen LogP contribution in [-0.4, -0.2) is 15.2 Å². The van der Waals surface area contributed by atoms with Crippen molar-refractivity contribution in [3.05, 3.63) is 74.6 Å². The molecule has 0 spiro atoms. The lowest BCUT2D eigenvalue weighted by Gasteiger charge is -2.12. The highest BCUT2D eigenvalue weighted by Crippen LogP contribution is 2.30. The van der Waals surface area contributed by atoms with Gasteiger partial charge in [0.05, 0.1) is 11.6 Å². The third-order valence-electron chi connectivity index (χ3n) is 6.07. The van der Waals surface area contributed by atoms with Crippen molar-refractivity contribution in [3.8, 4) is 5.75 Å². The Balaban J connectivity index is 0.000000172. The predicted molar refractivity (Wildman–Crippen MR) is 123 cm³/mol. The van der Waals surface area contributed by atoms with E-state index in [1.54, 1.807) is 34.4 Å². The van der Waals surface area contributed by atoms with Crippen LogP contribution in [0, 0.1) is 5.92 Å². The fourth-order valence-electron chi connectivity index (χ4n) is 4.42. The second kappa shape index (κ2) is 9.48. The molecule has 0 radical (unpaired) electrons. The first-order chi connectivity index (χ1) is 14.4. The van der Waals surface area contributed by atoms with Gasteiger partial charge in [-0.1, -0.05) is 45.9 Å². The summed E-state index contributed by atoms with van der Waals surface area (Å²) in [7, 11) is 0. The van der Waals surface area contributed by atoms with Crippen LogP contribution in [0.15, 0.2) is 41.2 Å². The number of aliphatic hydroxyl groups is 1. The minimum absolute atomic E-state index is 0.0137. The summed E-state index contributed by atoms with van der Waals surface area (Å²) in [5.74, 6) is 0.876. The van der Waals surface area contributed by atoms with E-state index in [4.69, 9.17) is 0 Å². The first-order valence-electron chi connectivity index (χ1n) is 11.0. The molecule has 160 valence electrons. The van der Waals surface area contributed by atoms with Crippen LogP contribution < -0.4 is 5.56 Å². The van der Waals surface area contributed by atoms with E-state index in [1.807, 2.05) is 6.92 Å². The molecule has 0 bridgehead atoms. The van der Waals surface area contributed by atoms with Gasteiger partial charge in [-0.15, -0.1) is 0 Å². The maximum atomic E-state index is 11.2. The van der Waals surface area contributed by atoms with Gasteiger partial charge in [0.15, 0.2) is 0 Å². The van der Waals surface area contributed by atoms with Gasteiger partial charge >= 0.3 is 0 Å². The van der Waals surface area contributed by atoms with Gasteiger partial charge in [-0.3, -0.25) is 4.79 Å². The number of phenols is 1. The summed E-state index contributed by atoms with van der Waals surface area (Å²) in [5.41, 5.74) is 7.19. The van der Waals surface area contributed by atoms with Crippen molar-refractivity contribution < 1.29 is 10.2 Å². The Kier molecular flexibility index (Phi) is 6.99. The molecule has 1 aromatic heterocycles. The van der Waals surface area contributed by atoms with E-state index in [9.17, 15) is 15.0 Å². The van der Waals surface area contributed by atoms with Crippen LogP contribution in [0.5, 0.6) is 5.75 Å². The molecular formula is C26H33NO3. The highest BCUT2D eigenvalue weighted by molar-refractivity contribution is 5.87. The molecule has 4 heteroatoms. The molecule has 2 aromatic carbocycles. The van der Waals surface area contributed by atoms with Crippen LogP contribution in [0.1, 0.15) is 68.0 Å². The van der Waals surface area contributed by atoms with Gasteiger partial charge in [0.1, 0.15) is 5.75 Å². The molecule has 0 unspecified atom stereocenters. The van der Waals surface area contributed by atoms with Gasteiger partial charge < -0.3 is 15.2 Å². The Hall–Kier alpha value is -2.59. The van der Waals surface area contributed by atoms with Crippen molar-refractivity contribution in [2.24, 2.45) is 5.92 Å². The van der Waals surface area contributed by atoms with Crippen molar-refractivity contribution in [2.45, 2.75) is 65.9 Å². The summed E-state index contributed by atoms with van der Waals surface area (Å²) in [4.78, 5) is 13.7. The molecule has 3 aromatic rings. The number of nitrogens with one attached hydrogen (secondary N) is 1. The minimum atomic E-state index is -0.589. The van der Waals surface area contributed by atoms with Crippen molar-refractivity contribution >= 4 is 10.9 Å². The molecule has 1 aliphatic rings. The lowest BCUT2D eigenvalue weighted by molar-refractivity contribution is 0.175. The Bertz CT molecular complexity index is 1050. The number of aromatic hydroxyl groups is 1. The summed E-state index contributed by atoms with van der Waals surface area (Å²) in [6, 6.07) is 11.1. The van der Waals surface area contributed by atoms with E-state index >= 15 is 0 Å². The number of H-pyrrole nitrogens is 1. The lowest BCUT2D eigenvalue weighted by atomic mass is 9.97. The van der Waals surface area contributed by atoms with Gasteiger partial charge in [-0.2, -0.15) is 0 Å². The lowest BCUT2D eigenvalue weighted by Crippen LogP contribution is -2.05. The van der Waals surface area contributed by atoms with Crippen LogP contribution in [0.4, 0.5) is 0 Å². The standard InChI is InChI=1S/C14H20.C12H13NO3/c1-4-11-8-13-6-10(3)7-14(13)9-12(11)5-2;1-2-9(14)7-3-5-10(15)12-8(7)4-6-11(16)13-12/h8-10H,4-7H2,1-3H3;3-6,9,14-15H,2H2,1H3,(H,13,16)/t;9-/m.0/s1. The van der Waals surface area contributed by atoms with Gasteiger partial charge in [0, 0.05) is 11.5 Å². The van der Waals surface area contributed by atoms with E-state index in [1.165, 1.54) is 37.8 Å². The number of rotatable bonds is 4. The first kappa shape index (κ1) is 22.1. The number of benzene rings is 2. The summed E-state index contributed by atoms with van der Waals surface area (Å²) < 4.78 is 0. The molecule has 1 aliphatic carbocycles. The fourth-order valence-corrected chi connectivity index (χ4v) is 4.42. The van der Waals surface area contributed by atoms with Crippen LogP contribution in [-0.2, 0) is 25.7 Å². The number of fused-ring (bicyclic) bond motifs is 2. The third-order valence-corrected chi connectivity index (χ3v) is 6.07. The van der Waals surface area contributed by atoms with E-state index in [2.05, 4.69) is 37.9 Å². The molecule has 0 saturated carbocycles. The van der Waals surface area contributed by atoms with Gasteiger partial charge in [0.25, 0.3) is 0 Å². The second-order valence-corrected chi connectivity index (χ2v) is 8.32. The molecule has 1 heterocycles. The summed E-state index contributed by atoms with van der Waals surface area (Å²) in [6.45, 7) is 8.75. The Morgan fingerprint density at radius 1 is 1.00 bits per heavy atom. The maximum absolute atomic E-state index is 11.2. The number of phenolic OH excluding ortho intramolecular Hbond substituents is 1. The Morgan fingerprint density at radius 3 is 2.13 bits per heavy atom. The number of hydrogen-bond acceptors (Lipinski definition) is 3. The van der Waals surface area contributed by atoms with Crippen LogP contribution in [0.2, 0.25) is 0 Å². The van der Waals surface area contributed by atoms with Crippen LogP contribution in [0.3, 0.4) is 0 Å². The molecule has 30 heavy (non-hydrogen) atoms. The van der Waals surface area contributed by atoms with Crippen molar-refractivity contribution in [1.82, 2.24) is 4.98 Å². The van der Waals surface area contributed by atoms with Crippen LogP contribution in [0.25, 0.3) is 10.9 Å². The van der Waals surface area contributed by atoms with E-state index in [0.29, 0.717) is 22.9 Å². The van der Waals surface area contributed by atoms with Gasteiger partial charge in [-0.05, 0) is 78.0 Å². The molecule has 0 amide bonds. The van der Waals surface area contributed by atoms with E-state index < -0.39 is 6.10 Å². The van der Waals surface area contributed by atoms with Crippen molar-refractivity contribution in [2.75, 3.05) is 0 Å². The smallest absolute Gasteiger partial charge is 0.248 e. The largest absolute Gasteiger partial charge is 0.506 e. The van der Waals surface area contributed by atoms with Gasteiger partial charge in [-0.25, -0.2) is 0 Å². The fraction of sp³-hybridized carbons (Fsp3) is 0.423. The molecule has 3 N–H and O–H groups in total. The Labute approximate surface area is 178 Å². The molecule has 4 rings (SSSR count). The van der Waals surface area contributed by atoms with E-state index in [-0.39, 0.29) is 11.3 Å². The summed E-state index contributed by atoms with van der Waals surface area (Å²) in [6.07, 6.45) is 4.96. The average molecular weight is 408 g/mol. The number of pyridine rings is 1. The topological polar surface area (TPSA) is 73.3 Å². The number of aromatic amines is 1. The summed E-state index contributed by atoms with van der Waals surface area (Å²) in [5, 5.41) is 20.1. The Morgan fingerprint density at radius 2 is 1.60 bits per heavy atom. The maximum Gasteiger partial charge on any atom is 0.248 e. The van der Waals surface area contributed by atoms with Crippen molar-refractivity contribution in [3.63, 3.8) is 0 Å².